The van der Waals surface area contributed by atoms with Crippen molar-refractivity contribution in [3.8, 4) is 0 Å². The van der Waals surface area contributed by atoms with E-state index in [2.05, 4.69) is 5.32 Å². The molecule has 1 N–H and O–H groups in total. The van der Waals surface area contributed by atoms with E-state index in [0.29, 0.717) is 35.2 Å². The highest BCUT2D eigenvalue weighted by Crippen LogP contribution is 2.41. The van der Waals surface area contributed by atoms with Crippen LogP contribution in [0.4, 0.5) is 5.69 Å². The molecule has 1 aromatic rings. The maximum atomic E-state index is 12.2. The predicted molar refractivity (Wildman–Crippen MR) is 84.6 cm³/mol. The van der Waals surface area contributed by atoms with Crippen LogP contribution in [0.25, 0.3) is 0 Å². The second-order valence-electron chi connectivity index (χ2n) is 5.07. The van der Waals surface area contributed by atoms with Crippen LogP contribution in [0.3, 0.4) is 0 Å². The van der Waals surface area contributed by atoms with Gasteiger partial charge in [-0.3, -0.25) is 9.59 Å². The lowest BCUT2D eigenvalue weighted by Crippen LogP contribution is -2.33. The Kier molecular flexibility index (Phi) is 5.12. The van der Waals surface area contributed by atoms with Gasteiger partial charge in [0, 0.05) is 18.1 Å². The number of rotatable bonds is 5. The lowest BCUT2D eigenvalue weighted by Gasteiger charge is -2.18. The lowest BCUT2D eigenvalue weighted by molar-refractivity contribution is -0.133. The van der Waals surface area contributed by atoms with Crippen LogP contribution in [-0.4, -0.2) is 29.8 Å². The van der Waals surface area contributed by atoms with E-state index >= 15 is 0 Å². The average molecular weight is 329 g/mol. The van der Waals surface area contributed by atoms with Crippen LogP contribution in [0.5, 0.6) is 0 Å². The molecule has 1 aliphatic carbocycles. The van der Waals surface area contributed by atoms with Gasteiger partial charge in [-0.05, 0) is 38.5 Å². The van der Waals surface area contributed by atoms with E-state index < -0.39 is 0 Å². The van der Waals surface area contributed by atoms with E-state index in [-0.39, 0.29) is 23.7 Å². The van der Waals surface area contributed by atoms with Crippen molar-refractivity contribution in [2.45, 2.75) is 20.3 Å². The summed E-state index contributed by atoms with van der Waals surface area (Å²) in [5.74, 6) is -0.562. The summed E-state index contributed by atoms with van der Waals surface area (Å²) in [6.07, 6.45) is 0.604. The van der Waals surface area contributed by atoms with Crippen molar-refractivity contribution in [3.63, 3.8) is 0 Å². The maximum Gasteiger partial charge on any atom is 0.228 e. The second-order valence-corrected chi connectivity index (χ2v) is 5.92. The van der Waals surface area contributed by atoms with Crippen LogP contribution in [0.1, 0.15) is 20.3 Å². The minimum Gasteiger partial charge on any atom is -0.343 e. The molecule has 0 aliphatic heterocycles. The highest BCUT2D eigenvalue weighted by Gasteiger charge is 2.49. The molecule has 1 fully saturated rings. The van der Waals surface area contributed by atoms with E-state index in [0.717, 1.165) is 0 Å². The van der Waals surface area contributed by atoms with Gasteiger partial charge < -0.3 is 10.2 Å². The fourth-order valence-electron chi connectivity index (χ4n) is 2.34. The number of anilines is 1. The molecule has 1 aromatic carbocycles. The van der Waals surface area contributed by atoms with Gasteiger partial charge in [0.2, 0.25) is 11.8 Å². The third kappa shape index (κ3) is 3.69. The summed E-state index contributed by atoms with van der Waals surface area (Å²) < 4.78 is 0. The van der Waals surface area contributed by atoms with Crippen molar-refractivity contribution < 1.29 is 9.59 Å². The van der Waals surface area contributed by atoms with Crippen molar-refractivity contribution in [3.05, 3.63) is 28.2 Å². The van der Waals surface area contributed by atoms with Gasteiger partial charge >= 0.3 is 0 Å². The Labute approximate surface area is 134 Å². The summed E-state index contributed by atoms with van der Waals surface area (Å²) in [7, 11) is 0. The Hall–Kier alpha value is -1.26. The van der Waals surface area contributed by atoms with Crippen LogP contribution in [0.2, 0.25) is 10.0 Å². The van der Waals surface area contributed by atoms with E-state index in [1.165, 1.54) is 0 Å². The number of benzene rings is 1. The molecule has 2 rings (SSSR count). The average Bonchev–Trinajstić information content (AvgIpc) is 3.23. The van der Waals surface area contributed by atoms with E-state index in [4.69, 9.17) is 23.2 Å². The number of halogens is 2. The van der Waals surface area contributed by atoms with Crippen molar-refractivity contribution in [1.29, 1.82) is 0 Å². The van der Waals surface area contributed by atoms with Crippen molar-refractivity contribution >= 4 is 40.7 Å². The minimum absolute atomic E-state index is 0.0577. The number of hydrogen-bond donors (Lipinski definition) is 1. The molecule has 6 heteroatoms. The Morgan fingerprint density at radius 1 is 1.24 bits per heavy atom. The Morgan fingerprint density at radius 2 is 1.90 bits per heavy atom. The fraction of sp³-hybridized carbons (Fsp3) is 0.467. The highest BCUT2D eigenvalue weighted by molar-refractivity contribution is 6.36. The zero-order chi connectivity index (χ0) is 15.6. The standard InChI is InChI=1S/C15H18Cl2N2O2/c1-3-19(4-2)15(21)11-8-10(11)14(20)18-13-6-5-9(16)7-12(13)17/h5-7,10-11H,3-4,8H2,1-2H3,(H,18,20). The summed E-state index contributed by atoms with van der Waals surface area (Å²) in [5, 5.41) is 3.66. The molecule has 4 nitrogen and oxygen atoms in total. The molecule has 0 heterocycles. The normalized spacial score (nSPS) is 20.0. The quantitative estimate of drug-likeness (QED) is 0.900. The van der Waals surface area contributed by atoms with Gasteiger partial charge in [-0.1, -0.05) is 23.2 Å². The molecule has 0 saturated heterocycles. The monoisotopic (exact) mass is 328 g/mol. The lowest BCUT2D eigenvalue weighted by atomic mass is 10.2. The number of carbonyl (C=O) groups is 2. The fourth-order valence-corrected chi connectivity index (χ4v) is 2.80. The molecule has 0 spiro atoms. The molecule has 2 amide bonds. The molecular weight excluding hydrogens is 311 g/mol. The topological polar surface area (TPSA) is 49.4 Å². The summed E-state index contributed by atoms with van der Waals surface area (Å²) in [6, 6.07) is 4.89. The van der Waals surface area contributed by atoms with Gasteiger partial charge in [0.25, 0.3) is 0 Å². The third-order valence-corrected chi connectivity index (χ3v) is 4.26. The van der Waals surface area contributed by atoms with Gasteiger partial charge in [0.05, 0.1) is 22.5 Å². The van der Waals surface area contributed by atoms with Crippen LogP contribution in [0.15, 0.2) is 18.2 Å². The number of carbonyl (C=O) groups excluding carboxylic acids is 2. The smallest absolute Gasteiger partial charge is 0.228 e. The Morgan fingerprint density at radius 3 is 2.48 bits per heavy atom. The van der Waals surface area contributed by atoms with Crippen molar-refractivity contribution in [2.24, 2.45) is 11.8 Å². The van der Waals surface area contributed by atoms with Crippen LogP contribution < -0.4 is 5.32 Å². The van der Waals surface area contributed by atoms with Crippen LogP contribution in [-0.2, 0) is 9.59 Å². The van der Waals surface area contributed by atoms with Crippen molar-refractivity contribution in [2.75, 3.05) is 18.4 Å². The molecule has 1 saturated carbocycles. The molecule has 2 unspecified atom stereocenters. The number of hydrogen-bond acceptors (Lipinski definition) is 2. The summed E-state index contributed by atoms with van der Waals surface area (Å²) in [5.41, 5.74) is 0.520. The Balaban J connectivity index is 1.96. The molecule has 0 bridgehead atoms. The predicted octanol–water partition coefficient (Wildman–Crippen LogP) is 3.44. The first kappa shape index (κ1) is 16.1. The van der Waals surface area contributed by atoms with E-state index in [1.807, 2.05) is 13.8 Å². The molecule has 114 valence electrons. The Bertz CT molecular complexity index is 559. The van der Waals surface area contributed by atoms with Gasteiger partial charge in [-0.25, -0.2) is 0 Å². The summed E-state index contributed by atoms with van der Waals surface area (Å²) >= 11 is 11.8. The molecule has 0 radical (unpaired) electrons. The van der Waals surface area contributed by atoms with E-state index in [1.54, 1.807) is 23.1 Å². The first-order chi connectivity index (χ1) is 9.97. The highest BCUT2D eigenvalue weighted by atomic mass is 35.5. The number of amides is 2. The maximum absolute atomic E-state index is 12.2. The zero-order valence-corrected chi connectivity index (χ0v) is 13.5. The number of nitrogens with zero attached hydrogens (tertiary/aromatic N) is 1. The zero-order valence-electron chi connectivity index (χ0n) is 12.0. The van der Waals surface area contributed by atoms with Gasteiger partial charge in [0.1, 0.15) is 0 Å². The van der Waals surface area contributed by atoms with Gasteiger partial charge in [-0.15, -0.1) is 0 Å². The van der Waals surface area contributed by atoms with Crippen molar-refractivity contribution in [1.82, 2.24) is 4.90 Å². The van der Waals surface area contributed by atoms with Crippen LogP contribution >= 0.6 is 23.2 Å². The van der Waals surface area contributed by atoms with E-state index in [9.17, 15) is 9.59 Å². The molecule has 2 atom stereocenters. The largest absolute Gasteiger partial charge is 0.343 e. The summed E-state index contributed by atoms with van der Waals surface area (Å²) in [4.78, 5) is 26.1. The SMILES string of the molecule is CCN(CC)C(=O)C1CC1C(=O)Nc1ccc(Cl)cc1Cl. The second kappa shape index (κ2) is 6.67. The third-order valence-electron chi connectivity index (χ3n) is 3.71. The number of nitrogens with one attached hydrogen (secondary N) is 1. The van der Waals surface area contributed by atoms with Crippen LogP contribution in [0, 0.1) is 11.8 Å². The summed E-state index contributed by atoms with van der Waals surface area (Å²) in [6.45, 7) is 5.21. The van der Waals surface area contributed by atoms with Gasteiger partial charge in [-0.2, -0.15) is 0 Å². The molecule has 1 aliphatic rings. The molecule has 21 heavy (non-hydrogen) atoms. The van der Waals surface area contributed by atoms with Gasteiger partial charge in [0.15, 0.2) is 0 Å². The first-order valence-electron chi connectivity index (χ1n) is 7.02. The molecular formula is C15H18Cl2N2O2. The first-order valence-corrected chi connectivity index (χ1v) is 7.78. The minimum atomic E-state index is -0.259. The molecule has 0 aromatic heterocycles.